The molecule has 0 heterocycles. The van der Waals surface area contributed by atoms with Gasteiger partial charge in [-0.2, -0.15) is 0 Å². The van der Waals surface area contributed by atoms with E-state index < -0.39 is 6.04 Å². The number of Topliss-reactive ketones (excluding diaryl/α,β-unsaturated/α-hetero) is 1. The Bertz CT molecular complexity index is 1310. The van der Waals surface area contributed by atoms with Gasteiger partial charge in [0.2, 0.25) is 0 Å². The van der Waals surface area contributed by atoms with Crippen LogP contribution in [0.2, 0.25) is 0 Å². The fourth-order valence-corrected chi connectivity index (χ4v) is 4.93. The van der Waals surface area contributed by atoms with E-state index in [1.807, 2.05) is 30.3 Å². The number of anilines is 1. The van der Waals surface area contributed by atoms with Crippen LogP contribution in [-0.4, -0.2) is 31.0 Å². The van der Waals surface area contributed by atoms with E-state index in [4.69, 9.17) is 9.47 Å². The number of hydrogen-bond acceptors (Lipinski definition) is 5. The lowest BCUT2D eigenvalue weighted by Gasteiger charge is -2.32. The van der Waals surface area contributed by atoms with E-state index in [0.717, 1.165) is 36.8 Å². The molecule has 38 heavy (non-hydrogen) atoms. The number of hydrogen-bond donors (Lipinski definition) is 1. The molecule has 1 aliphatic carbocycles. The van der Waals surface area contributed by atoms with Crippen molar-refractivity contribution in [1.29, 1.82) is 0 Å². The van der Waals surface area contributed by atoms with Crippen LogP contribution < -0.4 is 14.4 Å². The number of rotatable bonds is 12. The average Bonchev–Trinajstić information content (AvgIpc) is 3.38. The van der Waals surface area contributed by atoms with Gasteiger partial charge in [0.25, 0.3) is 5.91 Å². The highest BCUT2D eigenvalue weighted by Crippen LogP contribution is 2.38. The van der Waals surface area contributed by atoms with E-state index in [0.29, 0.717) is 41.2 Å². The predicted octanol–water partition coefficient (Wildman–Crippen LogP) is 6.66. The molecule has 0 radical (unpaired) electrons. The molecule has 6 nitrogen and oxygen atoms in total. The first-order valence-corrected chi connectivity index (χ1v) is 13.1. The average molecular weight is 514 g/mol. The lowest BCUT2D eigenvalue weighted by molar-refractivity contribution is -0.124. The number of ketones is 1. The maximum Gasteiger partial charge on any atom is 0.255 e. The number of amides is 1. The lowest BCUT2D eigenvalue weighted by atomic mass is 9.95. The van der Waals surface area contributed by atoms with Gasteiger partial charge >= 0.3 is 0 Å². The van der Waals surface area contributed by atoms with E-state index in [-0.39, 0.29) is 17.4 Å². The third-order valence-electron chi connectivity index (χ3n) is 6.95. The van der Waals surface area contributed by atoms with E-state index in [9.17, 15) is 14.7 Å². The Morgan fingerprint density at radius 1 is 0.921 bits per heavy atom. The second kappa shape index (κ2) is 12.5. The number of aromatic hydroxyl groups is 1. The van der Waals surface area contributed by atoms with Crippen molar-refractivity contribution in [2.75, 3.05) is 19.1 Å². The third-order valence-corrected chi connectivity index (χ3v) is 6.95. The first-order chi connectivity index (χ1) is 18.5. The summed E-state index contributed by atoms with van der Waals surface area (Å²) in [6.45, 7) is 2.13. The Labute approximate surface area is 224 Å². The summed E-state index contributed by atoms with van der Waals surface area (Å²) in [5.74, 6) is 0.801. The molecule has 0 aromatic heterocycles. The Morgan fingerprint density at radius 2 is 1.66 bits per heavy atom. The quantitative estimate of drug-likeness (QED) is 0.274. The normalized spacial score (nSPS) is 12.9. The van der Waals surface area contributed by atoms with E-state index in [2.05, 4.69) is 6.92 Å². The summed E-state index contributed by atoms with van der Waals surface area (Å²) in [6.07, 6.45) is 6.58. The first-order valence-electron chi connectivity index (χ1n) is 13.1. The maximum atomic E-state index is 14.3. The highest BCUT2D eigenvalue weighted by Gasteiger charge is 2.35. The van der Waals surface area contributed by atoms with Crippen molar-refractivity contribution in [1.82, 2.24) is 0 Å². The van der Waals surface area contributed by atoms with Gasteiger partial charge in [-0.25, -0.2) is 0 Å². The van der Waals surface area contributed by atoms with Gasteiger partial charge in [0.05, 0.1) is 14.2 Å². The molecule has 3 aromatic carbocycles. The Balaban J connectivity index is 1.81. The van der Waals surface area contributed by atoms with Gasteiger partial charge < -0.3 is 14.6 Å². The zero-order chi connectivity index (χ0) is 27.1. The van der Waals surface area contributed by atoms with Crippen LogP contribution >= 0.6 is 0 Å². The summed E-state index contributed by atoms with van der Waals surface area (Å²) in [6, 6.07) is 18.8. The molecular formula is C32H35NO5. The molecule has 0 spiro atoms. The highest BCUT2D eigenvalue weighted by molar-refractivity contribution is 6.13. The van der Waals surface area contributed by atoms with Gasteiger partial charge in [0.15, 0.2) is 17.3 Å². The van der Waals surface area contributed by atoms with Crippen molar-refractivity contribution >= 4 is 23.5 Å². The zero-order valence-electron chi connectivity index (χ0n) is 22.3. The van der Waals surface area contributed by atoms with Crippen molar-refractivity contribution in [2.45, 2.75) is 51.5 Å². The standard InChI is InChI=1S/C32H35NO5/c1-4-5-6-7-12-28(35)31(22-13-16-27(34)17-14-22)33(26-15-18-29(37-2)30(21-26)38-3)32(36)25-19-23-10-8-9-11-24(23)20-25/h8-11,13-19,21,31,34H,4-7,12,20H2,1-3H3. The van der Waals surface area contributed by atoms with Gasteiger partial charge in [-0.1, -0.05) is 62.6 Å². The van der Waals surface area contributed by atoms with Crippen LogP contribution in [-0.2, 0) is 16.0 Å². The molecule has 0 aliphatic heterocycles. The smallest absolute Gasteiger partial charge is 0.255 e. The highest BCUT2D eigenvalue weighted by atomic mass is 16.5. The topological polar surface area (TPSA) is 76.1 Å². The van der Waals surface area contributed by atoms with Gasteiger partial charge in [-0.15, -0.1) is 0 Å². The predicted molar refractivity (Wildman–Crippen MR) is 150 cm³/mol. The summed E-state index contributed by atoms with van der Waals surface area (Å²) < 4.78 is 11.0. The lowest BCUT2D eigenvalue weighted by Crippen LogP contribution is -2.40. The van der Waals surface area contributed by atoms with E-state index in [1.165, 1.54) is 0 Å². The van der Waals surface area contributed by atoms with Gasteiger partial charge in [-0.3, -0.25) is 14.5 Å². The number of benzene rings is 3. The molecule has 0 saturated heterocycles. The Kier molecular flexibility index (Phi) is 8.85. The van der Waals surface area contributed by atoms with Crippen LogP contribution in [0, 0.1) is 0 Å². The van der Waals surface area contributed by atoms with Crippen molar-refractivity contribution < 1.29 is 24.2 Å². The molecule has 0 fully saturated rings. The minimum atomic E-state index is -0.868. The second-order valence-electron chi connectivity index (χ2n) is 9.53. The molecule has 1 aliphatic rings. The van der Waals surface area contributed by atoms with Crippen molar-refractivity contribution in [2.24, 2.45) is 0 Å². The van der Waals surface area contributed by atoms with E-state index in [1.54, 1.807) is 61.6 Å². The van der Waals surface area contributed by atoms with Crippen LogP contribution in [0.5, 0.6) is 17.2 Å². The number of nitrogens with zero attached hydrogens (tertiary/aromatic N) is 1. The molecule has 4 rings (SSSR count). The molecule has 0 saturated carbocycles. The Hall–Kier alpha value is -4.06. The molecule has 6 heteroatoms. The maximum absolute atomic E-state index is 14.3. The molecule has 1 amide bonds. The van der Waals surface area contributed by atoms with E-state index >= 15 is 0 Å². The summed E-state index contributed by atoms with van der Waals surface area (Å²) in [5, 5.41) is 9.94. The van der Waals surface area contributed by atoms with Crippen molar-refractivity contribution in [3.05, 3.63) is 89.0 Å². The number of phenols is 1. The minimum absolute atomic E-state index is 0.0500. The number of fused-ring (bicyclic) bond motifs is 1. The zero-order valence-corrected chi connectivity index (χ0v) is 22.3. The van der Waals surface area contributed by atoms with Gasteiger partial charge in [-0.05, 0) is 53.5 Å². The molecule has 1 atom stereocenters. The van der Waals surface area contributed by atoms with Gasteiger partial charge in [0.1, 0.15) is 11.8 Å². The van der Waals surface area contributed by atoms with Crippen LogP contribution in [0.15, 0.2) is 72.3 Å². The summed E-state index contributed by atoms with van der Waals surface area (Å²) in [5.41, 5.74) is 3.88. The number of unbranched alkanes of at least 4 members (excludes halogenated alkanes) is 3. The molecule has 1 unspecified atom stereocenters. The minimum Gasteiger partial charge on any atom is -0.508 e. The fraction of sp³-hybridized carbons (Fsp3) is 0.312. The largest absolute Gasteiger partial charge is 0.508 e. The summed E-state index contributed by atoms with van der Waals surface area (Å²) >= 11 is 0. The monoisotopic (exact) mass is 513 g/mol. The van der Waals surface area contributed by atoms with Crippen LogP contribution in [0.4, 0.5) is 5.69 Å². The second-order valence-corrected chi connectivity index (χ2v) is 9.53. The van der Waals surface area contributed by atoms with Crippen molar-refractivity contribution in [3.63, 3.8) is 0 Å². The molecular weight excluding hydrogens is 478 g/mol. The SMILES string of the molecule is CCCCCCC(=O)C(c1ccc(O)cc1)N(C(=O)C1=Cc2ccccc2C1)c1ccc(OC)c(OC)c1. The number of carbonyl (C=O) groups is 2. The van der Waals surface area contributed by atoms with Crippen LogP contribution in [0.25, 0.3) is 6.08 Å². The van der Waals surface area contributed by atoms with Gasteiger partial charge in [0, 0.05) is 30.2 Å². The molecule has 198 valence electrons. The molecule has 1 N–H and O–H groups in total. The first kappa shape index (κ1) is 27.0. The molecule has 3 aromatic rings. The van der Waals surface area contributed by atoms with Crippen LogP contribution in [0.3, 0.4) is 0 Å². The number of carbonyl (C=O) groups excluding carboxylic acids is 2. The third kappa shape index (κ3) is 5.91. The Morgan fingerprint density at radius 3 is 2.34 bits per heavy atom. The number of ether oxygens (including phenoxy) is 2. The number of phenolic OH excluding ortho intramolecular Hbond substituents is 1. The fourth-order valence-electron chi connectivity index (χ4n) is 4.93. The number of methoxy groups -OCH3 is 2. The summed E-state index contributed by atoms with van der Waals surface area (Å²) in [4.78, 5) is 29.8. The summed E-state index contributed by atoms with van der Waals surface area (Å²) in [7, 11) is 3.10. The van der Waals surface area contributed by atoms with Crippen LogP contribution in [0.1, 0.15) is 61.8 Å². The van der Waals surface area contributed by atoms with Crippen molar-refractivity contribution in [3.8, 4) is 17.2 Å². The molecule has 0 bridgehead atoms.